The van der Waals surface area contributed by atoms with Gasteiger partial charge in [-0.2, -0.15) is 0 Å². The van der Waals surface area contributed by atoms with Crippen LogP contribution in [0, 0.1) is 0 Å². The minimum absolute atomic E-state index is 0.147. The predicted molar refractivity (Wildman–Crippen MR) is 128 cm³/mol. The largest absolute Gasteiger partial charge is 0.489 e. The lowest BCUT2D eigenvalue weighted by atomic mass is 10.2. The summed E-state index contributed by atoms with van der Waals surface area (Å²) in [6, 6.07) is 22.7. The Morgan fingerprint density at radius 3 is 2.12 bits per heavy atom. The van der Waals surface area contributed by atoms with Crippen molar-refractivity contribution in [2.75, 3.05) is 11.9 Å². The Morgan fingerprint density at radius 1 is 0.879 bits per heavy atom. The zero-order valence-electron chi connectivity index (χ0n) is 18.7. The summed E-state index contributed by atoms with van der Waals surface area (Å²) in [7, 11) is -3.58. The lowest BCUT2D eigenvalue weighted by Crippen LogP contribution is -2.31. The van der Waals surface area contributed by atoms with Crippen molar-refractivity contribution in [3.8, 4) is 11.5 Å². The summed E-state index contributed by atoms with van der Waals surface area (Å²) in [5.74, 6) is 0.770. The summed E-state index contributed by atoms with van der Waals surface area (Å²) in [6.45, 7) is 3.97. The number of benzene rings is 3. The lowest BCUT2D eigenvalue weighted by molar-refractivity contribution is -0.118. The van der Waals surface area contributed by atoms with Crippen LogP contribution in [-0.4, -0.2) is 27.0 Å². The average Bonchev–Trinajstić information content (AvgIpc) is 2.83. The third-order valence-electron chi connectivity index (χ3n) is 4.86. The Labute approximate surface area is 194 Å². The van der Waals surface area contributed by atoms with Gasteiger partial charge >= 0.3 is 0 Å². The first-order valence-corrected chi connectivity index (χ1v) is 12.2. The Bertz CT molecular complexity index is 1130. The van der Waals surface area contributed by atoms with Gasteiger partial charge in [-0.1, -0.05) is 37.3 Å². The van der Waals surface area contributed by atoms with Gasteiger partial charge in [-0.05, 0) is 67.4 Å². The summed E-state index contributed by atoms with van der Waals surface area (Å²) in [4.78, 5) is 12.3. The highest BCUT2D eigenvalue weighted by Crippen LogP contribution is 2.18. The molecule has 0 aromatic heterocycles. The van der Waals surface area contributed by atoms with Gasteiger partial charge in [0, 0.05) is 11.7 Å². The van der Waals surface area contributed by atoms with Crippen molar-refractivity contribution in [1.82, 2.24) is 4.72 Å². The normalized spacial score (nSPS) is 12.1. The topological polar surface area (TPSA) is 93.7 Å². The first-order valence-electron chi connectivity index (χ1n) is 10.7. The van der Waals surface area contributed by atoms with Gasteiger partial charge in [-0.15, -0.1) is 0 Å². The highest BCUT2D eigenvalue weighted by molar-refractivity contribution is 7.89. The third kappa shape index (κ3) is 7.62. The van der Waals surface area contributed by atoms with Crippen molar-refractivity contribution in [3.63, 3.8) is 0 Å². The highest BCUT2D eigenvalue weighted by atomic mass is 32.2. The molecule has 3 aromatic carbocycles. The molecule has 0 saturated heterocycles. The maximum atomic E-state index is 12.3. The molecule has 0 aliphatic rings. The van der Waals surface area contributed by atoms with Gasteiger partial charge in [0.15, 0.2) is 6.61 Å². The van der Waals surface area contributed by atoms with E-state index in [4.69, 9.17) is 9.47 Å². The SMILES string of the molecule is CC[C@@H](C)NS(=O)(=O)c1ccc(OCC(=O)Nc2ccc(OCc3ccccc3)cc2)cc1. The van der Waals surface area contributed by atoms with E-state index in [1.165, 1.54) is 24.3 Å². The number of sulfonamides is 1. The molecule has 1 amide bonds. The first-order chi connectivity index (χ1) is 15.9. The van der Waals surface area contributed by atoms with Crippen LogP contribution in [0.4, 0.5) is 5.69 Å². The van der Waals surface area contributed by atoms with Crippen LogP contribution in [0.1, 0.15) is 25.8 Å². The molecule has 7 nitrogen and oxygen atoms in total. The number of hydrogen-bond donors (Lipinski definition) is 2. The summed E-state index contributed by atoms with van der Waals surface area (Å²) >= 11 is 0. The molecule has 0 heterocycles. The minimum Gasteiger partial charge on any atom is -0.489 e. The molecule has 0 unspecified atom stereocenters. The molecular formula is C25H28N2O5S. The van der Waals surface area contributed by atoms with Crippen LogP contribution in [-0.2, 0) is 21.4 Å². The van der Waals surface area contributed by atoms with Gasteiger partial charge < -0.3 is 14.8 Å². The van der Waals surface area contributed by atoms with Gasteiger partial charge in [0.25, 0.3) is 5.91 Å². The fourth-order valence-electron chi connectivity index (χ4n) is 2.85. The molecule has 174 valence electrons. The number of carbonyl (C=O) groups is 1. The number of hydrogen-bond acceptors (Lipinski definition) is 5. The van der Waals surface area contributed by atoms with E-state index in [9.17, 15) is 13.2 Å². The molecule has 1 atom stereocenters. The van der Waals surface area contributed by atoms with E-state index in [1.54, 1.807) is 31.2 Å². The molecule has 0 radical (unpaired) electrons. The number of ether oxygens (including phenoxy) is 2. The quantitative estimate of drug-likeness (QED) is 0.436. The van der Waals surface area contributed by atoms with Crippen molar-refractivity contribution in [2.24, 2.45) is 0 Å². The number of rotatable bonds is 11. The van der Waals surface area contributed by atoms with Gasteiger partial charge in [0.1, 0.15) is 18.1 Å². The first kappa shape index (κ1) is 24.3. The van der Waals surface area contributed by atoms with E-state index in [0.717, 1.165) is 5.56 Å². The second-order valence-corrected chi connectivity index (χ2v) is 9.25. The average molecular weight is 469 g/mol. The zero-order valence-corrected chi connectivity index (χ0v) is 19.5. The molecule has 0 spiro atoms. The smallest absolute Gasteiger partial charge is 0.262 e. The fourth-order valence-corrected chi connectivity index (χ4v) is 4.18. The maximum absolute atomic E-state index is 12.3. The lowest BCUT2D eigenvalue weighted by Gasteiger charge is -2.12. The second kappa shape index (κ2) is 11.5. The molecule has 2 N–H and O–H groups in total. The van der Waals surface area contributed by atoms with E-state index < -0.39 is 10.0 Å². The Kier molecular flexibility index (Phi) is 8.46. The second-order valence-electron chi connectivity index (χ2n) is 7.54. The summed E-state index contributed by atoms with van der Waals surface area (Å²) in [5, 5.41) is 2.75. The van der Waals surface area contributed by atoms with Gasteiger partial charge in [0.05, 0.1) is 4.90 Å². The molecule has 33 heavy (non-hydrogen) atoms. The zero-order chi connectivity index (χ0) is 23.7. The van der Waals surface area contributed by atoms with Crippen LogP contribution < -0.4 is 19.5 Å². The van der Waals surface area contributed by atoms with Crippen LogP contribution in [0.2, 0.25) is 0 Å². The molecule has 8 heteroatoms. The van der Waals surface area contributed by atoms with E-state index in [2.05, 4.69) is 10.0 Å². The van der Waals surface area contributed by atoms with Crippen molar-refractivity contribution in [3.05, 3.63) is 84.4 Å². The molecule has 0 aliphatic carbocycles. The predicted octanol–water partition coefficient (Wildman–Crippen LogP) is 4.36. The van der Waals surface area contributed by atoms with E-state index in [0.29, 0.717) is 30.2 Å². The molecular weight excluding hydrogens is 440 g/mol. The van der Waals surface area contributed by atoms with Crippen LogP contribution in [0.25, 0.3) is 0 Å². The molecule has 0 bridgehead atoms. The molecule has 3 rings (SSSR count). The van der Waals surface area contributed by atoms with Crippen LogP contribution >= 0.6 is 0 Å². The number of anilines is 1. The maximum Gasteiger partial charge on any atom is 0.262 e. The third-order valence-corrected chi connectivity index (χ3v) is 6.46. The fraction of sp³-hybridized carbons (Fsp3) is 0.240. The van der Waals surface area contributed by atoms with E-state index in [1.807, 2.05) is 37.3 Å². The van der Waals surface area contributed by atoms with Crippen LogP contribution in [0.5, 0.6) is 11.5 Å². The summed E-state index contributed by atoms with van der Waals surface area (Å²) < 4.78 is 38.4. The van der Waals surface area contributed by atoms with Crippen molar-refractivity contribution in [2.45, 2.75) is 37.8 Å². The molecule has 0 aliphatic heterocycles. The van der Waals surface area contributed by atoms with Gasteiger partial charge in [-0.3, -0.25) is 4.79 Å². The van der Waals surface area contributed by atoms with Gasteiger partial charge in [0.2, 0.25) is 10.0 Å². The Hall–Kier alpha value is -3.36. The Balaban J connectivity index is 1.46. The molecule has 3 aromatic rings. The van der Waals surface area contributed by atoms with Crippen LogP contribution in [0.3, 0.4) is 0 Å². The van der Waals surface area contributed by atoms with Crippen molar-refractivity contribution < 1.29 is 22.7 Å². The van der Waals surface area contributed by atoms with E-state index >= 15 is 0 Å². The minimum atomic E-state index is -3.58. The van der Waals surface area contributed by atoms with Crippen molar-refractivity contribution >= 4 is 21.6 Å². The van der Waals surface area contributed by atoms with E-state index in [-0.39, 0.29) is 23.5 Å². The number of amides is 1. The van der Waals surface area contributed by atoms with Crippen LogP contribution in [0.15, 0.2) is 83.8 Å². The summed E-state index contributed by atoms with van der Waals surface area (Å²) in [5.41, 5.74) is 1.69. The molecule has 0 saturated carbocycles. The van der Waals surface area contributed by atoms with Crippen molar-refractivity contribution in [1.29, 1.82) is 0 Å². The summed E-state index contributed by atoms with van der Waals surface area (Å²) in [6.07, 6.45) is 0.693. The molecule has 0 fully saturated rings. The van der Waals surface area contributed by atoms with Gasteiger partial charge in [-0.25, -0.2) is 13.1 Å². The number of nitrogens with one attached hydrogen (secondary N) is 2. The standard InChI is InChI=1S/C25H28N2O5S/c1-3-19(2)27-33(29,30)24-15-13-23(14-16-24)32-18-25(28)26-21-9-11-22(12-10-21)31-17-20-7-5-4-6-8-20/h4-16,19,27H,3,17-18H2,1-2H3,(H,26,28)/t19-/m1/s1. The Morgan fingerprint density at radius 2 is 1.48 bits per heavy atom. The highest BCUT2D eigenvalue weighted by Gasteiger charge is 2.16. The monoisotopic (exact) mass is 468 g/mol. The number of carbonyl (C=O) groups excluding carboxylic acids is 1.